The second-order valence-corrected chi connectivity index (χ2v) is 10.9. The summed E-state index contributed by atoms with van der Waals surface area (Å²) in [6, 6.07) is 12.2. The van der Waals surface area contributed by atoms with Crippen molar-refractivity contribution in [1.29, 1.82) is 0 Å². The Bertz CT molecular complexity index is 1380. The molecule has 1 spiro atoms. The Hall–Kier alpha value is -3.59. The zero-order chi connectivity index (χ0) is 25.0. The Morgan fingerprint density at radius 1 is 1.08 bits per heavy atom. The monoisotopic (exact) mass is 499 g/mol. The van der Waals surface area contributed by atoms with Gasteiger partial charge in [-0.25, -0.2) is 9.97 Å². The van der Waals surface area contributed by atoms with E-state index < -0.39 is 12.1 Å². The molecule has 1 amide bonds. The number of amides is 1. The minimum Gasteiger partial charge on any atom is -0.349 e. The van der Waals surface area contributed by atoms with Gasteiger partial charge in [0.15, 0.2) is 0 Å². The quantitative estimate of drug-likeness (QED) is 0.365. The number of hydrogen-bond donors (Lipinski definition) is 4. The summed E-state index contributed by atoms with van der Waals surface area (Å²) in [5, 5.41) is 13.2. The number of benzene rings is 1. The van der Waals surface area contributed by atoms with Crippen molar-refractivity contribution in [1.82, 2.24) is 25.6 Å². The Kier molecular flexibility index (Phi) is 5.18. The number of nitrogens with zero attached hydrogens (tertiary/aromatic N) is 3. The predicted octanol–water partition coefficient (Wildman–Crippen LogP) is 4.39. The van der Waals surface area contributed by atoms with Gasteiger partial charge < -0.3 is 21.3 Å². The lowest BCUT2D eigenvalue weighted by Crippen LogP contribution is -2.36. The number of nitrogens with one attached hydrogen (secondary N) is 4. The lowest BCUT2D eigenvalue weighted by Gasteiger charge is -2.27. The van der Waals surface area contributed by atoms with Crippen molar-refractivity contribution in [3.8, 4) is 0 Å². The highest BCUT2D eigenvalue weighted by atomic mass is 19.1. The maximum Gasteiger partial charge on any atom is 0.256 e. The maximum atomic E-state index is 13.6. The topological polar surface area (TPSA) is 104 Å². The van der Waals surface area contributed by atoms with E-state index in [2.05, 4.69) is 54.4 Å². The van der Waals surface area contributed by atoms with Crippen LogP contribution in [0.5, 0.6) is 0 Å². The van der Waals surface area contributed by atoms with Crippen LogP contribution in [0.4, 0.5) is 27.7 Å². The Morgan fingerprint density at radius 3 is 2.70 bits per heavy atom. The normalized spacial score (nSPS) is 20.1. The highest BCUT2D eigenvalue weighted by molar-refractivity contribution is 5.99. The van der Waals surface area contributed by atoms with Crippen molar-refractivity contribution in [2.24, 2.45) is 0 Å². The number of carbonyl (C=O) groups is 1. The number of hydrogen-bond acceptors (Lipinski definition) is 7. The van der Waals surface area contributed by atoms with E-state index in [1.165, 1.54) is 24.0 Å². The molecule has 8 nitrogen and oxygen atoms in total. The first kappa shape index (κ1) is 22.6. The molecule has 0 atom stereocenters. The number of alkyl halides is 1. The summed E-state index contributed by atoms with van der Waals surface area (Å²) in [7, 11) is 0. The van der Waals surface area contributed by atoms with Crippen LogP contribution >= 0.6 is 0 Å². The Labute approximate surface area is 214 Å². The molecule has 3 aliphatic carbocycles. The molecule has 0 bridgehead atoms. The number of carbonyl (C=O) groups excluding carboxylic acids is 1. The van der Waals surface area contributed by atoms with Gasteiger partial charge in [0.25, 0.3) is 5.91 Å². The van der Waals surface area contributed by atoms with E-state index in [-0.39, 0.29) is 17.5 Å². The molecule has 37 heavy (non-hydrogen) atoms. The van der Waals surface area contributed by atoms with E-state index in [1.54, 1.807) is 12.3 Å². The first-order valence-corrected chi connectivity index (χ1v) is 13.2. The molecule has 9 heteroatoms. The van der Waals surface area contributed by atoms with Crippen LogP contribution in [0.2, 0.25) is 0 Å². The number of aromatic nitrogens is 3. The van der Waals surface area contributed by atoms with Crippen LogP contribution in [-0.2, 0) is 17.4 Å². The first-order valence-electron chi connectivity index (χ1n) is 13.2. The SMILES string of the molecule is O=C(NC1CC1)c1cnc(Nc2ccc3c(c2)CCNC32CC2)nc1Nc1cccc(C2(CF)CC2)n1. The van der Waals surface area contributed by atoms with E-state index in [0.29, 0.717) is 23.1 Å². The smallest absolute Gasteiger partial charge is 0.256 e. The van der Waals surface area contributed by atoms with E-state index in [1.807, 2.05) is 12.1 Å². The molecule has 3 saturated carbocycles. The van der Waals surface area contributed by atoms with Gasteiger partial charge in [0.1, 0.15) is 23.9 Å². The van der Waals surface area contributed by atoms with Gasteiger partial charge in [0.2, 0.25) is 5.95 Å². The first-order chi connectivity index (χ1) is 18.1. The molecule has 190 valence electrons. The van der Waals surface area contributed by atoms with Crippen LogP contribution in [0.1, 0.15) is 65.7 Å². The summed E-state index contributed by atoms with van der Waals surface area (Å²) in [4.78, 5) is 26.7. The summed E-state index contributed by atoms with van der Waals surface area (Å²) in [6.07, 6.45) is 8.49. The molecule has 3 aromatic rings. The molecular formula is C28H30FN7O. The van der Waals surface area contributed by atoms with Gasteiger partial charge in [-0.3, -0.25) is 9.18 Å². The van der Waals surface area contributed by atoms with Gasteiger partial charge in [-0.15, -0.1) is 0 Å². The molecule has 2 aromatic heterocycles. The van der Waals surface area contributed by atoms with Crippen LogP contribution in [0.15, 0.2) is 42.6 Å². The molecule has 3 fully saturated rings. The number of rotatable bonds is 8. The minimum atomic E-state index is -0.469. The van der Waals surface area contributed by atoms with Crippen LogP contribution < -0.4 is 21.3 Å². The number of pyridine rings is 1. The second kappa shape index (κ2) is 8.48. The van der Waals surface area contributed by atoms with Crippen molar-refractivity contribution in [2.45, 2.75) is 61.9 Å². The molecule has 0 radical (unpaired) electrons. The molecular weight excluding hydrogens is 469 g/mol. The fraction of sp³-hybridized carbons (Fsp3) is 0.429. The highest BCUT2D eigenvalue weighted by Gasteiger charge is 2.47. The summed E-state index contributed by atoms with van der Waals surface area (Å²) in [5.41, 5.74) is 4.45. The number of halogens is 1. The molecule has 1 aromatic carbocycles. The third kappa shape index (κ3) is 4.31. The summed E-state index contributed by atoms with van der Waals surface area (Å²) in [6.45, 7) is 0.569. The minimum absolute atomic E-state index is 0.180. The molecule has 4 aliphatic rings. The maximum absolute atomic E-state index is 13.6. The van der Waals surface area contributed by atoms with Crippen molar-refractivity contribution in [3.63, 3.8) is 0 Å². The highest BCUT2D eigenvalue weighted by Crippen LogP contribution is 2.49. The molecule has 1 aliphatic heterocycles. The van der Waals surface area contributed by atoms with Gasteiger partial charge in [-0.2, -0.15) is 4.98 Å². The molecule has 0 unspecified atom stereocenters. The average Bonchev–Trinajstić information content (AvgIpc) is 3.77. The lowest BCUT2D eigenvalue weighted by molar-refractivity contribution is 0.0951. The fourth-order valence-electron chi connectivity index (χ4n) is 5.30. The van der Waals surface area contributed by atoms with Gasteiger partial charge in [0, 0.05) is 35.4 Å². The van der Waals surface area contributed by atoms with Crippen molar-refractivity contribution in [2.75, 3.05) is 23.9 Å². The predicted molar refractivity (Wildman–Crippen MR) is 139 cm³/mol. The second-order valence-electron chi connectivity index (χ2n) is 10.9. The average molecular weight is 500 g/mol. The largest absolute Gasteiger partial charge is 0.349 e. The summed E-state index contributed by atoms with van der Waals surface area (Å²) >= 11 is 0. The molecule has 3 heterocycles. The van der Waals surface area contributed by atoms with Crippen molar-refractivity contribution >= 4 is 29.2 Å². The van der Waals surface area contributed by atoms with Crippen LogP contribution in [-0.4, -0.2) is 40.1 Å². The van der Waals surface area contributed by atoms with Crippen LogP contribution in [0.3, 0.4) is 0 Å². The number of anilines is 4. The fourth-order valence-corrected chi connectivity index (χ4v) is 5.30. The summed E-state index contributed by atoms with van der Waals surface area (Å²) < 4.78 is 13.6. The van der Waals surface area contributed by atoms with Crippen molar-refractivity contribution < 1.29 is 9.18 Å². The van der Waals surface area contributed by atoms with Gasteiger partial charge in [-0.1, -0.05) is 12.1 Å². The van der Waals surface area contributed by atoms with Gasteiger partial charge in [0.05, 0.1) is 5.69 Å². The van der Waals surface area contributed by atoms with Gasteiger partial charge >= 0.3 is 0 Å². The third-order valence-electron chi connectivity index (χ3n) is 8.08. The zero-order valence-electron chi connectivity index (χ0n) is 20.6. The van der Waals surface area contributed by atoms with Crippen molar-refractivity contribution in [3.05, 3.63) is 65.0 Å². The Balaban J connectivity index is 1.18. The number of fused-ring (bicyclic) bond motifs is 2. The van der Waals surface area contributed by atoms with Gasteiger partial charge in [-0.05, 0) is 80.3 Å². The molecule has 4 N–H and O–H groups in total. The van der Waals surface area contributed by atoms with E-state index in [9.17, 15) is 9.18 Å². The Morgan fingerprint density at radius 2 is 1.95 bits per heavy atom. The molecule has 7 rings (SSSR count). The van der Waals surface area contributed by atoms with E-state index in [0.717, 1.165) is 50.0 Å². The standard InChI is InChI=1S/C28H30FN7O/c29-16-27(9-10-27)22-2-1-3-23(34-22)35-24-20(25(37)32-18-4-5-18)15-30-26(36-24)33-19-6-7-21-17(14-19)8-13-31-28(21)11-12-28/h1-3,6-7,14-15,18,31H,4-5,8-13,16H2,(H,32,37)(H2,30,33,34,35,36). The van der Waals surface area contributed by atoms with E-state index >= 15 is 0 Å². The zero-order valence-corrected chi connectivity index (χ0v) is 20.6. The lowest BCUT2D eigenvalue weighted by atomic mass is 9.92. The van der Waals surface area contributed by atoms with Crippen LogP contribution in [0, 0.1) is 0 Å². The van der Waals surface area contributed by atoms with Crippen LogP contribution in [0.25, 0.3) is 0 Å². The van der Waals surface area contributed by atoms with E-state index in [4.69, 9.17) is 0 Å². The summed E-state index contributed by atoms with van der Waals surface area (Å²) in [5.74, 6) is 1.06. The molecule has 0 saturated heterocycles. The third-order valence-corrected chi connectivity index (χ3v) is 8.08.